The molecule has 1 saturated carbocycles. The molecule has 4 aromatic rings. The Morgan fingerprint density at radius 1 is 1.00 bits per heavy atom. The summed E-state index contributed by atoms with van der Waals surface area (Å²) >= 11 is 0. The number of fused-ring (bicyclic) bond motifs is 2. The van der Waals surface area contributed by atoms with E-state index >= 15 is 0 Å². The normalized spacial score (nSPS) is 18.5. The van der Waals surface area contributed by atoms with E-state index in [0.717, 1.165) is 30.4 Å². The zero-order chi connectivity index (χ0) is 36.6. The van der Waals surface area contributed by atoms with Crippen LogP contribution >= 0.6 is 0 Å². The Morgan fingerprint density at radius 2 is 1.75 bits per heavy atom. The average molecular weight is 698 g/mol. The second kappa shape index (κ2) is 14.2. The highest BCUT2D eigenvalue weighted by Crippen LogP contribution is 2.39. The number of hydrogen-bond acceptors (Lipinski definition) is 9. The predicted molar refractivity (Wildman–Crippen MR) is 195 cm³/mol. The van der Waals surface area contributed by atoms with Crippen LogP contribution in [-0.2, 0) is 15.8 Å². The lowest BCUT2D eigenvalue weighted by Gasteiger charge is -2.47. The minimum atomic E-state index is -0.622. The number of benzene rings is 1. The summed E-state index contributed by atoms with van der Waals surface area (Å²) in [5, 5.41) is 17.8. The van der Waals surface area contributed by atoms with Crippen molar-refractivity contribution in [2.75, 3.05) is 32.6 Å². The topological polar surface area (TPSA) is 148 Å². The monoisotopic (exact) mass is 697 g/mol. The van der Waals surface area contributed by atoms with E-state index in [1.165, 1.54) is 0 Å². The Kier molecular flexibility index (Phi) is 10.1. The number of carbonyl (C=O) groups excluding carboxylic acids is 2. The summed E-state index contributed by atoms with van der Waals surface area (Å²) in [7, 11) is 4.08. The minimum absolute atomic E-state index is 0.0344. The molecule has 272 valence electrons. The van der Waals surface area contributed by atoms with Crippen LogP contribution in [0.2, 0.25) is 0 Å². The van der Waals surface area contributed by atoms with E-state index in [1.807, 2.05) is 103 Å². The summed E-state index contributed by atoms with van der Waals surface area (Å²) in [6.07, 6.45) is 6.22. The van der Waals surface area contributed by atoms with Gasteiger partial charge in [-0.15, -0.1) is 10.2 Å². The maximum Gasteiger partial charge on any atom is 0.320 e. The van der Waals surface area contributed by atoms with E-state index in [-0.39, 0.29) is 40.6 Å². The van der Waals surface area contributed by atoms with Crippen molar-refractivity contribution in [3.63, 3.8) is 0 Å². The first-order valence-electron chi connectivity index (χ1n) is 17.9. The number of likely N-dealkylation sites (N-methyl/N-ethyl adjacent to an activating group) is 1. The fourth-order valence-corrected chi connectivity index (χ4v) is 6.96. The van der Waals surface area contributed by atoms with E-state index in [1.54, 1.807) is 6.07 Å². The fraction of sp³-hybridized carbons (Fsp3) is 0.526. The second-order valence-electron chi connectivity index (χ2n) is 15.4. The van der Waals surface area contributed by atoms with Crippen molar-refractivity contribution >= 4 is 23.4 Å². The number of anilines is 1. The Bertz CT molecular complexity index is 1890. The van der Waals surface area contributed by atoms with E-state index < -0.39 is 11.6 Å². The van der Waals surface area contributed by atoms with Crippen molar-refractivity contribution in [3.8, 4) is 5.75 Å². The lowest BCUT2D eigenvalue weighted by molar-refractivity contribution is -0.0215. The molecule has 0 spiro atoms. The fourth-order valence-electron chi connectivity index (χ4n) is 6.96. The van der Waals surface area contributed by atoms with Gasteiger partial charge in [0.25, 0.3) is 5.91 Å². The van der Waals surface area contributed by atoms with Crippen LogP contribution in [0.4, 0.5) is 10.6 Å². The van der Waals surface area contributed by atoms with E-state index in [2.05, 4.69) is 41.0 Å². The van der Waals surface area contributed by atoms with Gasteiger partial charge in [0.1, 0.15) is 23.3 Å². The van der Waals surface area contributed by atoms with Crippen LogP contribution in [-0.4, -0.2) is 74.2 Å². The number of nitrogens with zero attached hydrogens (tertiary/aromatic N) is 6. The Hall–Kier alpha value is -4.62. The third-order valence-corrected chi connectivity index (χ3v) is 10.2. The molecule has 0 aliphatic heterocycles. The molecule has 2 atom stereocenters. The summed E-state index contributed by atoms with van der Waals surface area (Å²) in [4.78, 5) is 38.1. The van der Waals surface area contributed by atoms with Crippen LogP contribution in [0.15, 0.2) is 48.7 Å². The van der Waals surface area contributed by atoms with Crippen LogP contribution in [0, 0.1) is 0 Å². The zero-order valence-corrected chi connectivity index (χ0v) is 31.0. The van der Waals surface area contributed by atoms with Crippen LogP contribution < -0.4 is 20.7 Å². The molecule has 3 heterocycles. The van der Waals surface area contributed by atoms with Crippen LogP contribution in [0.25, 0.3) is 5.65 Å². The van der Waals surface area contributed by atoms with Crippen molar-refractivity contribution in [2.24, 2.45) is 0 Å². The molecule has 51 heavy (non-hydrogen) atoms. The quantitative estimate of drug-likeness (QED) is 0.170. The predicted octanol–water partition coefficient (Wildman–Crippen LogP) is 6.08. The number of ether oxygens (including phenoxy) is 2. The van der Waals surface area contributed by atoms with Gasteiger partial charge in [-0.1, -0.05) is 45.0 Å². The molecule has 3 aromatic heterocycles. The summed E-state index contributed by atoms with van der Waals surface area (Å²) < 4.78 is 14.4. The highest BCUT2D eigenvalue weighted by Gasteiger charge is 2.39. The van der Waals surface area contributed by atoms with Crippen molar-refractivity contribution in [3.05, 3.63) is 77.1 Å². The maximum absolute atomic E-state index is 13.5. The Labute approximate surface area is 299 Å². The number of aromatic nitrogens is 5. The van der Waals surface area contributed by atoms with E-state index in [9.17, 15) is 9.59 Å². The molecular formula is C38H51N9O4. The number of nitrogens with one attached hydrogen (secondary N) is 3. The SMILES string of the molecule is CCOC(C)(C)c1nnc2ccc(O[C@@H]3CC[C@H](NC(=O)Nc4cc(C(C)(C)C)nc(C(=O)NCC5(N(C)C)CCC5)n4)c4ccccc43)cn12. The lowest BCUT2D eigenvalue weighted by atomic mass is 9.75. The Balaban J connectivity index is 1.16. The Morgan fingerprint density at radius 3 is 2.41 bits per heavy atom. The molecule has 0 saturated heterocycles. The average Bonchev–Trinajstić information content (AvgIpc) is 3.49. The minimum Gasteiger partial charge on any atom is -0.484 e. The first-order chi connectivity index (χ1) is 24.2. The summed E-state index contributed by atoms with van der Waals surface area (Å²) in [5.41, 5.74) is 2.31. The molecule has 6 rings (SSSR count). The smallest absolute Gasteiger partial charge is 0.320 e. The molecule has 2 aliphatic carbocycles. The van der Waals surface area contributed by atoms with Crippen LogP contribution in [0.1, 0.15) is 119 Å². The van der Waals surface area contributed by atoms with Gasteiger partial charge in [0.2, 0.25) is 5.82 Å². The standard InChI is InChI=1S/C38H51N9O4/c1-9-50-37(5,6)34-45-44-31-18-15-24(22-47(31)34)51-28-17-16-27(25-13-10-11-14-26(25)28)40-35(49)43-30-21-29(36(2,3)4)41-32(42-30)33(48)39-23-38(46(7)8)19-12-20-38/h10-11,13-15,18,21-22,27-28H,9,12,16-17,19-20,23H2,1-8H3,(H,39,48)(H2,40,41,42,43,49)/t27-,28+/m0/s1. The molecular weight excluding hydrogens is 646 g/mol. The number of rotatable bonds is 11. The maximum atomic E-state index is 13.5. The zero-order valence-electron chi connectivity index (χ0n) is 31.0. The van der Waals surface area contributed by atoms with E-state index in [4.69, 9.17) is 9.47 Å². The first kappa shape index (κ1) is 36.2. The number of carbonyl (C=O) groups is 2. The number of hydrogen-bond donors (Lipinski definition) is 3. The number of urea groups is 1. The van der Waals surface area contributed by atoms with Crippen LogP contribution in [0.3, 0.4) is 0 Å². The van der Waals surface area contributed by atoms with E-state index in [0.29, 0.717) is 48.9 Å². The summed E-state index contributed by atoms with van der Waals surface area (Å²) in [6, 6.07) is 12.9. The van der Waals surface area contributed by atoms with Gasteiger partial charge in [0, 0.05) is 30.2 Å². The molecule has 3 amide bonds. The molecule has 0 bridgehead atoms. The molecule has 1 fully saturated rings. The van der Waals surface area contributed by atoms with Gasteiger partial charge in [-0.3, -0.25) is 14.5 Å². The highest BCUT2D eigenvalue weighted by atomic mass is 16.5. The van der Waals surface area contributed by atoms with Gasteiger partial charge < -0.3 is 25.0 Å². The third kappa shape index (κ3) is 7.69. The number of pyridine rings is 1. The van der Waals surface area contributed by atoms with Gasteiger partial charge in [0.05, 0.1) is 17.9 Å². The largest absolute Gasteiger partial charge is 0.484 e. The third-order valence-electron chi connectivity index (χ3n) is 10.2. The molecule has 2 aliphatic rings. The van der Waals surface area contributed by atoms with Gasteiger partial charge in [0.15, 0.2) is 11.5 Å². The van der Waals surface area contributed by atoms with Gasteiger partial charge in [-0.25, -0.2) is 14.8 Å². The molecule has 3 N–H and O–H groups in total. The van der Waals surface area contributed by atoms with Crippen molar-refractivity contribution in [1.29, 1.82) is 0 Å². The van der Waals surface area contributed by atoms with Crippen molar-refractivity contribution < 1.29 is 19.1 Å². The molecule has 13 nitrogen and oxygen atoms in total. The first-order valence-corrected chi connectivity index (χ1v) is 17.9. The van der Waals surface area contributed by atoms with Crippen molar-refractivity contribution in [1.82, 2.24) is 40.1 Å². The second-order valence-corrected chi connectivity index (χ2v) is 15.4. The van der Waals surface area contributed by atoms with Crippen LogP contribution in [0.5, 0.6) is 5.75 Å². The summed E-state index contributed by atoms with van der Waals surface area (Å²) in [5.74, 6) is 1.32. The summed E-state index contributed by atoms with van der Waals surface area (Å²) in [6.45, 7) is 13.0. The van der Waals surface area contributed by atoms with Gasteiger partial charge in [-0.05, 0) is 90.2 Å². The lowest BCUT2D eigenvalue weighted by Crippen LogP contribution is -2.57. The molecule has 0 unspecified atom stereocenters. The molecule has 0 radical (unpaired) electrons. The van der Waals surface area contributed by atoms with Gasteiger partial charge in [-0.2, -0.15) is 0 Å². The van der Waals surface area contributed by atoms with Gasteiger partial charge >= 0.3 is 6.03 Å². The van der Waals surface area contributed by atoms with Crippen molar-refractivity contribution in [2.45, 2.75) is 102 Å². The highest BCUT2D eigenvalue weighted by molar-refractivity contribution is 5.92. The molecule has 1 aromatic carbocycles. The molecule has 13 heteroatoms. The number of amides is 3.